The van der Waals surface area contributed by atoms with Gasteiger partial charge in [0.2, 0.25) is 0 Å². The van der Waals surface area contributed by atoms with Gasteiger partial charge in [-0.2, -0.15) is 0 Å². The van der Waals surface area contributed by atoms with Crippen LogP contribution in [-0.2, 0) is 0 Å². The highest BCUT2D eigenvalue weighted by Crippen LogP contribution is 2.62. The van der Waals surface area contributed by atoms with Gasteiger partial charge in [0.05, 0.1) is 0 Å². The van der Waals surface area contributed by atoms with E-state index >= 15 is 0 Å². The van der Waals surface area contributed by atoms with Crippen LogP contribution in [0.15, 0.2) is 12.7 Å². The molecule has 8 heavy (non-hydrogen) atoms. The highest BCUT2D eigenvalue weighted by Gasteiger charge is 2.63. The zero-order valence-electron chi connectivity index (χ0n) is 4.75. The zero-order valence-corrected chi connectivity index (χ0v) is 5.50. The van der Waals surface area contributed by atoms with E-state index in [2.05, 4.69) is 6.58 Å². The fourth-order valence-electron chi connectivity index (χ4n) is 0.639. The second kappa shape index (κ2) is 1.27. The molecule has 0 radical (unpaired) electrons. The van der Waals surface area contributed by atoms with Crippen LogP contribution >= 0.6 is 11.6 Å². The molecule has 1 aliphatic rings. The molecule has 0 aromatic carbocycles. The average Bonchev–Trinajstić information content (AvgIpc) is 2.10. The second-order valence-electron chi connectivity index (χ2n) is 2.50. The van der Waals surface area contributed by atoms with E-state index in [4.69, 9.17) is 11.6 Å². The first-order chi connectivity index (χ1) is 3.52. The van der Waals surface area contributed by atoms with E-state index in [-0.39, 0.29) is 0 Å². The molecule has 0 saturated heterocycles. The summed E-state index contributed by atoms with van der Waals surface area (Å²) < 4.78 is 12.5. The molecule has 0 spiro atoms. The number of alkyl halides is 2. The van der Waals surface area contributed by atoms with E-state index in [1.54, 1.807) is 13.0 Å². The summed E-state index contributed by atoms with van der Waals surface area (Å²) in [6.07, 6.45) is 1.98. The van der Waals surface area contributed by atoms with E-state index in [0.717, 1.165) is 0 Å². The molecule has 0 amide bonds. The van der Waals surface area contributed by atoms with Crippen molar-refractivity contribution >= 4 is 11.6 Å². The van der Waals surface area contributed by atoms with Gasteiger partial charge in [0.1, 0.15) is 0 Å². The third-order valence-corrected chi connectivity index (χ3v) is 2.32. The van der Waals surface area contributed by atoms with Crippen LogP contribution in [0.3, 0.4) is 0 Å². The van der Waals surface area contributed by atoms with E-state index in [1.807, 2.05) is 0 Å². The molecule has 0 bridgehead atoms. The van der Waals surface area contributed by atoms with Crippen LogP contribution in [0.4, 0.5) is 4.39 Å². The largest absolute Gasteiger partial charge is 0.225 e. The van der Waals surface area contributed by atoms with Gasteiger partial charge >= 0.3 is 0 Å². The smallest absolute Gasteiger partial charge is 0.193 e. The molecule has 0 aromatic rings. The Labute approximate surface area is 53.3 Å². The van der Waals surface area contributed by atoms with Crippen molar-refractivity contribution in [2.75, 3.05) is 0 Å². The molecule has 1 fully saturated rings. The maximum absolute atomic E-state index is 12.5. The Bertz CT molecular complexity index is 130. The van der Waals surface area contributed by atoms with Crippen LogP contribution in [0.2, 0.25) is 0 Å². The second-order valence-corrected chi connectivity index (χ2v) is 3.10. The summed E-state index contributed by atoms with van der Waals surface area (Å²) in [7, 11) is 0. The number of allylic oxidation sites excluding steroid dienone is 1. The van der Waals surface area contributed by atoms with Crippen molar-refractivity contribution in [1.82, 2.24) is 0 Å². The maximum Gasteiger partial charge on any atom is 0.193 e. The van der Waals surface area contributed by atoms with Gasteiger partial charge in [0, 0.05) is 11.8 Å². The first kappa shape index (κ1) is 6.09. The van der Waals surface area contributed by atoms with Gasteiger partial charge in [-0.25, -0.2) is 4.39 Å². The first-order valence-electron chi connectivity index (χ1n) is 2.53. The third-order valence-electron chi connectivity index (χ3n) is 1.75. The summed E-state index contributed by atoms with van der Waals surface area (Å²) in [5, 5.41) is -1.49. The fourth-order valence-corrected chi connectivity index (χ4v) is 0.993. The van der Waals surface area contributed by atoms with Gasteiger partial charge in [-0.1, -0.05) is 24.6 Å². The third kappa shape index (κ3) is 0.576. The van der Waals surface area contributed by atoms with Crippen LogP contribution in [-0.4, -0.2) is 5.13 Å². The fraction of sp³-hybridized carbons (Fsp3) is 0.667. The van der Waals surface area contributed by atoms with Crippen LogP contribution in [0, 0.1) is 5.41 Å². The van der Waals surface area contributed by atoms with Gasteiger partial charge in [0.15, 0.2) is 5.13 Å². The Hall–Kier alpha value is -0.0400. The molecule has 1 aliphatic carbocycles. The molecule has 0 aliphatic heterocycles. The minimum absolute atomic E-state index is 0.408. The quantitative estimate of drug-likeness (QED) is 0.382. The van der Waals surface area contributed by atoms with Crippen LogP contribution in [0.5, 0.6) is 0 Å². The molecule has 0 N–H and O–H groups in total. The van der Waals surface area contributed by atoms with Gasteiger partial charge < -0.3 is 0 Å². The van der Waals surface area contributed by atoms with Crippen LogP contribution in [0.1, 0.15) is 13.3 Å². The molecule has 0 aromatic heterocycles. The minimum Gasteiger partial charge on any atom is -0.225 e. The lowest BCUT2D eigenvalue weighted by molar-refractivity contribution is 0.370. The molecule has 2 heteroatoms. The molecule has 0 unspecified atom stereocenters. The van der Waals surface area contributed by atoms with E-state index in [0.29, 0.717) is 6.42 Å². The van der Waals surface area contributed by atoms with Gasteiger partial charge in [0.25, 0.3) is 0 Å². The summed E-state index contributed by atoms with van der Waals surface area (Å²) in [5.41, 5.74) is -0.450. The monoisotopic (exact) mass is 134 g/mol. The predicted octanol–water partition coefficient (Wildman–Crippen LogP) is 2.49. The van der Waals surface area contributed by atoms with Crippen molar-refractivity contribution in [3.05, 3.63) is 12.7 Å². The van der Waals surface area contributed by atoms with E-state index in [1.165, 1.54) is 0 Å². The lowest BCUT2D eigenvalue weighted by Crippen LogP contribution is -1.99. The molecule has 1 saturated carbocycles. The summed E-state index contributed by atoms with van der Waals surface area (Å²) >= 11 is 5.31. The Balaban J connectivity index is 2.68. The lowest BCUT2D eigenvalue weighted by Gasteiger charge is -2.00. The standard InChI is InChI=1S/C6H8ClF/c1-3-5(2)4-6(5,7)8/h3H,1,4H2,2H3/t5-,6-/m0/s1. The topological polar surface area (TPSA) is 0 Å². The maximum atomic E-state index is 12.5. The van der Waals surface area contributed by atoms with Crippen molar-refractivity contribution in [1.29, 1.82) is 0 Å². The molecular formula is C6H8ClF. The Morgan fingerprint density at radius 1 is 1.88 bits per heavy atom. The highest BCUT2D eigenvalue weighted by atomic mass is 35.5. The van der Waals surface area contributed by atoms with Crippen molar-refractivity contribution < 1.29 is 4.39 Å². The summed E-state index contributed by atoms with van der Waals surface area (Å²) in [6.45, 7) is 5.22. The van der Waals surface area contributed by atoms with E-state index in [9.17, 15) is 4.39 Å². The number of rotatable bonds is 1. The Morgan fingerprint density at radius 2 is 2.25 bits per heavy atom. The molecule has 1 rings (SSSR count). The molecule has 0 heterocycles. The Kier molecular flexibility index (Phi) is 0.965. The first-order valence-corrected chi connectivity index (χ1v) is 2.91. The summed E-state index contributed by atoms with van der Waals surface area (Å²) in [5.74, 6) is 0. The van der Waals surface area contributed by atoms with Crippen molar-refractivity contribution in [2.24, 2.45) is 5.41 Å². The van der Waals surface area contributed by atoms with Crippen LogP contribution in [0.25, 0.3) is 0 Å². The number of hydrogen-bond acceptors (Lipinski definition) is 0. The normalized spacial score (nSPS) is 53.4. The van der Waals surface area contributed by atoms with Gasteiger partial charge in [-0.05, 0) is 0 Å². The van der Waals surface area contributed by atoms with Gasteiger partial charge in [-0.15, -0.1) is 6.58 Å². The summed E-state index contributed by atoms with van der Waals surface area (Å²) in [6, 6.07) is 0. The van der Waals surface area contributed by atoms with Crippen LogP contribution < -0.4 is 0 Å². The average molecular weight is 135 g/mol. The van der Waals surface area contributed by atoms with Gasteiger partial charge in [-0.3, -0.25) is 0 Å². The van der Waals surface area contributed by atoms with Crippen molar-refractivity contribution in [2.45, 2.75) is 18.5 Å². The SMILES string of the molecule is C=C[C@@]1(C)C[C@@]1(F)Cl. The number of hydrogen-bond donors (Lipinski definition) is 0. The minimum atomic E-state index is -1.49. The number of halogens is 2. The zero-order chi connectivity index (χ0) is 6.41. The molecule has 46 valence electrons. The molecule has 0 nitrogen and oxygen atoms in total. The lowest BCUT2D eigenvalue weighted by atomic mass is 10.1. The van der Waals surface area contributed by atoms with Crippen molar-refractivity contribution in [3.8, 4) is 0 Å². The Morgan fingerprint density at radius 3 is 2.25 bits per heavy atom. The molecular weight excluding hydrogens is 127 g/mol. The predicted molar refractivity (Wildman–Crippen MR) is 32.6 cm³/mol. The molecule has 2 atom stereocenters. The van der Waals surface area contributed by atoms with Crippen molar-refractivity contribution in [3.63, 3.8) is 0 Å². The summed E-state index contributed by atoms with van der Waals surface area (Å²) in [4.78, 5) is 0. The highest BCUT2D eigenvalue weighted by molar-refractivity contribution is 6.25. The van der Waals surface area contributed by atoms with E-state index < -0.39 is 10.5 Å².